The molecule has 18 heavy (non-hydrogen) atoms. The van der Waals surface area contributed by atoms with Crippen molar-refractivity contribution in [2.45, 2.75) is 26.2 Å². The van der Waals surface area contributed by atoms with Crippen molar-refractivity contribution in [1.82, 2.24) is 0 Å². The van der Waals surface area contributed by atoms with E-state index in [-0.39, 0.29) is 18.1 Å². The minimum atomic E-state index is -2.55. The summed E-state index contributed by atoms with van der Waals surface area (Å²) in [5.74, 6) is 0.276. The van der Waals surface area contributed by atoms with E-state index in [1.54, 1.807) is 12.1 Å². The van der Waals surface area contributed by atoms with Gasteiger partial charge < -0.3 is 16.2 Å². The van der Waals surface area contributed by atoms with Gasteiger partial charge in [0.05, 0.1) is 0 Å². The Morgan fingerprint density at radius 3 is 2.67 bits per heavy atom. The molecule has 0 aliphatic rings. The smallest absolute Gasteiger partial charge is 0.265 e. The molecule has 1 rings (SSSR count). The van der Waals surface area contributed by atoms with Crippen LogP contribution in [-0.4, -0.2) is 18.3 Å². The van der Waals surface area contributed by atoms with Crippen LogP contribution in [0.15, 0.2) is 18.2 Å². The van der Waals surface area contributed by atoms with Crippen LogP contribution in [0.2, 0.25) is 0 Å². The predicted molar refractivity (Wildman–Crippen MR) is 69.8 cm³/mol. The van der Waals surface area contributed by atoms with Crippen LogP contribution in [0.4, 0.5) is 20.2 Å². The van der Waals surface area contributed by atoms with Crippen LogP contribution >= 0.6 is 0 Å². The van der Waals surface area contributed by atoms with Crippen molar-refractivity contribution in [3.63, 3.8) is 0 Å². The Bertz CT molecular complexity index is 372. The third-order valence-corrected chi connectivity index (χ3v) is 3.01. The lowest BCUT2D eigenvalue weighted by atomic mass is 10.0. The molecule has 3 nitrogen and oxygen atoms in total. The zero-order chi connectivity index (χ0) is 13.5. The third-order valence-electron chi connectivity index (χ3n) is 3.01. The molecule has 5 heteroatoms. The largest absolute Gasteiger partial charge is 0.399 e. The van der Waals surface area contributed by atoms with Crippen molar-refractivity contribution in [2.75, 3.05) is 24.2 Å². The Morgan fingerprint density at radius 1 is 1.39 bits per heavy atom. The number of hydrogen-bond donors (Lipinski definition) is 3. The third kappa shape index (κ3) is 4.14. The van der Waals surface area contributed by atoms with Crippen molar-refractivity contribution in [2.24, 2.45) is 5.92 Å². The van der Waals surface area contributed by atoms with Gasteiger partial charge in [-0.1, -0.05) is 13.3 Å². The number of hydrogen-bond acceptors (Lipinski definition) is 3. The molecule has 0 bridgehead atoms. The quantitative estimate of drug-likeness (QED) is 0.659. The van der Waals surface area contributed by atoms with Gasteiger partial charge in [0.2, 0.25) is 0 Å². The number of aliphatic hydroxyl groups is 1. The summed E-state index contributed by atoms with van der Waals surface area (Å²) in [5, 5.41) is 11.9. The van der Waals surface area contributed by atoms with Crippen molar-refractivity contribution in [3.05, 3.63) is 23.8 Å². The summed E-state index contributed by atoms with van der Waals surface area (Å²) >= 11 is 0. The fourth-order valence-corrected chi connectivity index (χ4v) is 1.81. The number of nitrogen functional groups attached to an aromatic ring is 1. The lowest BCUT2D eigenvalue weighted by Gasteiger charge is -2.17. The Balaban J connectivity index is 2.71. The van der Waals surface area contributed by atoms with Gasteiger partial charge in [-0.2, -0.15) is 0 Å². The van der Waals surface area contributed by atoms with Gasteiger partial charge in [-0.25, -0.2) is 8.78 Å². The van der Waals surface area contributed by atoms with E-state index >= 15 is 0 Å². The van der Waals surface area contributed by atoms with E-state index in [0.717, 1.165) is 6.42 Å². The molecule has 0 spiro atoms. The average Bonchev–Trinajstić information content (AvgIpc) is 2.35. The highest BCUT2D eigenvalue weighted by atomic mass is 19.3. The number of benzene rings is 1. The van der Waals surface area contributed by atoms with Crippen molar-refractivity contribution in [3.8, 4) is 0 Å². The number of nitrogens with one attached hydrogen (secondary N) is 1. The van der Waals surface area contributed by atoms with Gasteiger partial charge in [-0.15, -0.1) is 0 Å². The van der Waals surface area contributed by atoms with Gasteiger partial charge in [0, 0.05) is 30.1 Å². The summed E-state index contributed by atoms with van der Waals surface area (Å²) < 4.78 is 25.7. The van der Waals surface area contributed by atoms with Crippen molar-refractivity contribution >= 4 is 11.4 Å². The maximum Gasteiger partial charge on any atom is 0.265 e. The van der Waals surface area contributed by atoms with Gasteiger partial charge in [0.25, 0.3) is 6.43 Å². The lowest BCUT2D eigenvalue weighted by molar-refractivity contribution is 0.152. The van der Waals surface area contributed by atoms with Crippen LogP contribution in [0.3, 0.4) is 0 Å². The molecule has 1 aromatic rings. The van der Waals surface area contributed by atoms with E-state index in [1.807, 2.05) is 6.92 Å². The first-order chi connectivity index (χ1) is 8.58. The molecule has 0 fully saturated rings. The SMILES string of the molecule is CCC(CCO)CNc1ccc(N)cc1C(F)F. The van der Waals surface area contributed by atoms with Crippen LogP contribution in [0.25, 0.3) is 0 Å². The highest BCUT2D eigenvalue weighted by Gasteiger charge is 2.14. The van der Waals surface area contributed by atoms with Crippen LogP contribution < -0.4 is 11.1 Å². The Hall–Kier alpha value is -1.36. The highest BCUT2D eigenvalue weighted by molar-refractivity contribution is 5.58. The molecular weight excluding hydrogens is 238 g/mol. The van der Waals surface area contributed by atoms with E-state index in [0.29, 0.717) is 24.3 Å². The molecule has 0 aliphatic heterocycles. The fraction of sp³-hybridized carbons (Fsp3) is 0.538. The Labute approximate surface area is 106 Å². The number of rotatable bonds is 7. The predicted octanol–water partition coefficient (Wildman–Crippen LogP) is 3.03. The van der Waals surface area contributed by atoms with Crippen LogP contribution in [0, 0.1) is 5.92 Å². The maximum absolute atomic E-state index is 12.8. The second-order valence-electron chi connectivity index (χ2n) is 4.31. The first-order valence-electron chi connectivity index (χ1n) is 6.10. The summed E-state index contributed by atoms with van der Waals surface area (Å²) in [7, 11) is 0. The normalized spacial score (nSPS) is 12.7. The zero-order valence-corrected chi connectivity index (χ0v) is 10.5. The number of halogens is 2. The number of anilines is 2. The summed E-state index contributed by atoms with van der Waals surface area (Å²) in [6.45, 7) is 2.70. The first-order valence-corrected chi connectivity index (χ1v) is 6.10. The van der Waals surface area contributed by atoms with E-state index in [1.165, 1.54) is 6.07 Å². The van der Waals surface area contributed by atoms with E-state index in [4.69, 9.17) is 10.8 Å². The summed E-state index contributed by atoms with van der Waals surface area (Å²) in [6.07, 6.45) is -0.983. The molecule has 102 valence electrons. The molecule has 0 aromatic heterocycles. The number of nitrogens with two attached hydrogens (primary N) is 1. The van der Waals surface area contributed by atoms with E-state index in [2.05, 4.69) is 5.32 Å². The topological polar surface area (TPSA) is 58.3 Å². The molecule has 1 atom stereocenters. The molecule has 0 saturated carbocycles. The average molecular weight is 258 g/mol. The van der Waals surface area contributed by atoms with Crippen molar-refractivity contribution in [1.29, 1.82) is 0 Å². The minimum Gasteiger partial charge on any atom is -0.399 e. The molecule has 0 aliphatic carbocycles. The monoisotopic (exact) mass is 258 g/mol. The second-order valence-corrected chi connectivity index (χ2v) is 4.31. The summed E-state index contributed by atoms with van der Waals surface area (Å²) in [4.78, 5) is 0. The van der Waals surface area contributed by atoms with E-state index < -0.39 is 6.43 Å². The number of alkyl halides is 2. The Morgan fingerprint density at radius 2 is 2.11 bits per heavy atom. The van der Waals surface area contributed by atoms with Gasteiger partial charge in [0.1, 0.15) is 0 Å². The lowest BCUT2D eigenvalue weighted by Crippen LogP contribution is -2.16. The summed E-state index contributed by atoms with van der Waals surface area (Å²) in [6, 6.07) is 4.46. The number of aliphatic hydroxyl groups excluding tert-OH is 1. The molecule has 1 aromatic carbocycles. The Kier molecular flexibility index (Phi) is 5.85. The highest BCUT2D eigenvalue weighted by Crippen LogP contribution is 2.29. The van der Waals surface area contributed by atoms with Gasteiger partial charge >= 0.3 is 0 Å². The molecule has 4 N–H and O–H groups in total. The molecule has 0 heterocycles. The molecular formula is C13H20F2N2O. The van der Waals surface area contributed by atoms with Crippen LogP contribution in [0.5, 0.6) is 0 Å². The van der Waals surface area contributed by atoms with E-state index in [9.17, 15) is 8.78 Å². The van der Waals surface area contributed by atoms with Crippen LogP contribution in [0.1, 0.15) is 31.8 Å². The van der Waals surface area contributed by atoms with Gasteiger partial charge in [-0.05, 0) is 30.5 Å². The second kappa shape index (κ2) is 7.16. The van der Waals surface area contributed by atoms with Crippen molar-refractivity contribution < 1.29 is 13.9 Å². The molecule has 1 unspecified atom stereocenters. The molecule has 0 amide bonds. The molecule has 0 saturated heterocycles. The summed E-state index contributed by atoms with van der Waals surface area (Å²) in [5.41, 5.74) is 6.17. The minimum absolute atomic E-state index is 0.0751. The standard InChI is InChI=1S/C13H20F2N2O/c1-2-9(5-6-18)8-17-12-4-3-10(16)7-11(12)13(14)15/h3-4,7,9,13,17-18H,2,5-6,8,16H2,1H3. The fourth-order valence-electron chi connectivity index (χ4n) is 1.81. The molecule has 0 radical (unpaired) electrons. The first kappa shape index (κ1) is 14.7. The van der Waals surface area contributed by atoms with Crippen LogP contribution in [-0.2, 0) is 0 Å². The zero-order valence-electron chi connectivity index (χ0n) is 10.5. The van der Waals surface area contributed by atoms with Gasteiger partial charge in [0.15, 0.2) is 0 Å². The van der Waals surface area contributed by atoms with Gasteiger partial charge in [-0.3, -0.25) is 0 Å². The maximum atomic E-state index is 12.8.